The van der Waals surface area contributed by atoms with Crippen LogP contribution in [0.5, 0.6) is 17.2 Å². The van der Waals surface area contributed by atoms with E-state index >= 15 is 0 Å². The molecule has 2 heterocycles. The Kier molecular flexibility index (Phi) is 6.44. The third kappa shape index (κ3) is 4.45. The molecule has 0 saturated carbocycles. The van der Waals surface area contributed by atoms with Crippen LogP contribution in [0.15, 0.2) is 54.9 Å². The maximum atomic E-state index is 13.1. The van der Waals surface area contributed by atoms with Gasteiger partial charge in [0.1, 0.15) is 0 Å². The number of methoxy groups -OCH3 is 3. The predicted octanol–water partition coefficient (Wildman–Crippen LogP) is 3.95. The number of carbonyl (C=O) groups excluding carboxylic acids is 2. The number of benzene rings is 2. The van der Waals surface area contributed by atoms with Gasteiger partial charge >= 0.3 is 0 Å². The van der Waals surface area contributed by atoms with Crippen LogP contribution in [-0.2, 0) is 6.42 Å². The summed E-state index contributed by atoms with van der Waals surface area (Å²) in [4.78, 5) is 31.9. The van der Waals surface area contributed by atoms with Crippen molar-refractivity contribution in [3.8, 4) is 17.2 Å². The number of aryl methyl sites for hydroxylation is 1. The number of anilines is 2. The zero-order valence-corrected chi connectivity index (χ0v) is 18.8. The van der Waals surface area contributed by atoms with Gasteiger partial charge in [0.05, 0.1) is 26.9 Å². The van der Waals surface area contributed by atoms with E-state index in [-0.39, 0.29) is 11.8 Å². The smallest absolute Gasteiger partial charge is 0.259 e. The number of hydrogen-bond donors (Lipinski definition) is 1. The number of pyridine rings is 1. The summed E-state index contributed by atoms with van der Waals surface area (Å²) >= 11 is 0. The molecule has 3 aromatic rings. The minimum atomic E-state index is -0.338. The van der Waals surface area contributed by atoms with Crippen LogP contribution in [-0.4, -0.2) is 44.7 Å². The van der Waals surface area contributed by atoms with Crippen LogP contribution in [0.25, 0.3) is 0 Å². The Hall–Kier alpha value is -4.07. The van der Waals surface area contributed by atoms with E-state index in [0.29, 0.717) is 40.6 Å². The normalized spacial score (nSPS) is 12.5. The molecule has 2 aromatic carbocycles. The maximum absolute atomic E-state index is 13.1. The number of rotatable bonds is 6. The van der Waals surface area contributed by atoms with Crippen molar-refractivity contribution in [1.82, 2.24) is 4.98 Å². The summed E-state index contributed by atoms with van der Waals surface area (Å²) in [7, 11) is 4.50. The molecule has 0 spiro atoms. The molecule has 8 heteroatoms. The van der Waals surface area contributed by atoms with Crippen molar-refractivity contribution in [3.63, 3.8) is 0 Å². The Morgan fingerprint density at radius 2 is 1.73 bits per heavy atom. The van der Waals surface area contributed by atoms with Gasteiger partial charge in [-0.15, -0.1) is 0 Å². The molecule has 1 aromatic heterocycles. The summed E-state index contributed by atoms with van der Waals surface area (Å²) in [6.07, 6.45) is 4.94. The lowest BCUT2D eigenvalue weighted by atomic mass is 10.00. The molecular weight excluding hydrogens is 422 g/mol. The zero-order valence-electron chi connectivity index (χ0n) is 18.8. The van der Waals surface area contributed by atoms with E-state index in [0.717, 1.165) is 24.1 Å². The van der Waals surface area contributed by atoms with Crippen molar-refractivity contribution < 1.29 is 23.8 Å². The molecule has 0 saturated heterocycles. The lowest BCUT2D eigenvalue weighted by Crippen LogP contribution is -2.35. The minimum absolute atomic E-state index is 0.114. The van der Waals surface area contributed by atoms with Crippen molar-refractivity contribution in [1.29, 1.82) is 0 Å². The van der Waals surface area contributed by atoms with Gasteiger partial charge in [-0.25, -0.2) is 0 Å². The van der Waals surface area contributed by atoms with E-state index < -0.39 is 0 Å². The summed E-state index contributed by atoms with van der Waals surface area (Å²) in [6, 6.07) is 12.3. The van der Waals surface area contributed by atoms with Gasteiger partial charge in [-0.2, -0.15) is 0 Å². The minimum Gasteiger partial charge on any atom is -0.493 e. The second-order valence-electron chi connectivity index (χ2n) is 7.51. The molecule has 33 heavy (non-hydrogen) atoms. The van der Waals surface area contributed by atoms with Crippen LogP contribution in [0.2, 0.25) is 0 Å². The van der Waals surface area contributed by atoms with Gasteiger partial charge in [-0.3, -0.25) is 14.6 Å². The Morgan fingerprint density at radius 1 is 0.970 bits per heavy atom. The lowest BCUT2D eigenvalue weighted by Gasteiger charge is -2.30. The average molecular weight is 447 g/mol. The third-order valence-corrected chi connectivity index (χ3v) is 5.54. The highest BCUT2D eigenvalue weighted by Gasteiger charge is 2.24. The van der Waals surface area contributed by atoms with Crippen molar-refractivity contribution in [2.45, 2.75) is 12.8 Å². The first kappa shape index (κ1) is 22.1. The van der Waals surface area contributed by atoms with Crippen molar-refractivity contribution >= 4 is 23.2 Å². The van der Waals surface area contributed by atoms with Crippen LogP contribution in [0.1, 0.15) is 32.7 Å². The van der Waals surface area contributed by atoms with Gasteiger partial charge in [0.15, 0.2) is 11.5 Å². The molecule has 0 radical (unpaired) electrons. The summed E-state index contributed by atoms with van der Waals surface area (Å²) < 4.78 is 16.0. The van der Waals surface area contributed by atoms with Crippen LogP contribution >= 0.6 is 0 Å². The molecule has 0 fully saturated rings. The van der Waals surface area contributed by atoms with Gasteiger partial charge in [0, 0.05) is 35.9 Å². The van der Waals surface area contributed by atoms with Crippen LogP contribution in [0.4, 0.5) is 11.4 Å². The number of fused-ring (bicyclic) bond motifs is 1. The highest BCUT2D eigenvalue weighted by Crippen LogP contribution is 2.38. The summed E-state index contributed by atoms with van der Waals surface area (Å²) in [6.45, 7) is 0.602. The quantitative estimate of drug-likeness (QED) is 0.615. The van der Waals surface area contributed by atoms with Gasteiger partial charge in [0.2, 0.25) is 5.75 Å². The largest absolute Gasteiger partial charge is 0.493 e. The van der Waals surface area contributed by atoms with E-state index in [1.807, 2.05) is 18.2 Å². The third-order valence-electron chi connectivity index (χ3n) is 5.54. The molecule has 2 amide bonds. The highest BCUT2D eigenvalue weighted by atomic mass is 16.5. The Morgan fingerprint density at radius 3 is 2.36 bits per heavy atom. The topological polar surface area (TPSA) is 90.0 Å². The molecule has 0 atom stereocenters. The first-order valence-electron chi connectivity index (χ1n) is 10.5. The van der Waals surface area contributed by atoms with Crippen LogP contribution in [0.3, 0.4) is 0 Å². The fraction of sp³-hybridized carbons (Fsp3) is 0.240. The van der Waals surface area contributed by atoms with E-state index in [2.05, 4.69) is 10.3 Å². The van der Waals surface area contributed by atoms with Crippen LogP contribution in [0, 0.1) is 0 Å². The fourth-order valence-corrected chi connectivity index (χ4v) is 3.92. The maximum Gasteiger partial charge on any atom is 0.259 e. The molecule has 170 valence electrons. The predicted molar refractivity (Wildman–Crippen MR) is 125 cm³/mol. The van der Waals surface area contributed by atoms with Crippen LogP contribution < -0.4 is 24.4 Å². The molecule has 0 unspecified atom stereocenters. The highest BCUT2D eigenvalue weighted by molar-refractivity contribution is 6.08. The number of aromatic nitrogens is 1. The van der Waals surface area contributed by atoms with E-state index in [1.54, 1.807) is 41.6 Å². The second kappa shape index (κ2) is 9.60. The summed E-state index contributed by atoms with van der Waals surface area (Å²) in [5.74, 6) is 0.739. The first-order chi connectivity index (χ1) is 16.0. The zero-order chi connectivity index (χ0) is 23.4. The number of ether oxygens (including phenoxy) is 3. The monoisotopic (exact) mass is 447 g/mol. The molecular formula is C25H25N3O5. The van der Waals surface area contributed by atoms with Gasteiger partial charge in [-0.05, 0) is 54.8 Å². The number of nitrogens with one attached hydrogen (secondary N) is 1. The molecule has 1 aliphatic rings. The number of hydrogen-bond acceptors (Lipinski definition) is 6. The Labute approximate surface area is 192 Å². The Balaban J connectivity index is 1.62. The molecule has 0 bridgehead atoms. The van der Waals surface area contributed by atoms with Gasteiger partial charge in [-0.1, -0.05) is 6.07 Å². The molecule has 4 rings (SSSR count). The summed E-state index contributed by atoms with van der Waals surface area (Å²) in [5, 5.41) is 2.91. The molecule has 1 N–H and O–H groups in total. The molecule has 1 aliphatic heterocycles. The van der Waals surface area contributed by atoms with Crippen molar-refractivity contribution in [2.24, 2.45) is 0 Å². The van der Waals surface area contributed by atoms with E-state index in [9.17, 15) is 9.59 Å². The molecule has 8 nitrogen and oxygen atoms in total. The van der Waals surface area contributed by atoms with Crippen molar-refractivity contribution in [3.05, 3.63) is 71.5 Å². The molecule has 0 aliphatic carbocycles. The summed E-state index contributed by atoms with van der Waals surface area (Å²) in [5.41, 5.74) is 3.31. The number of amides is 2. The number of carbonyl (C=O) groups is 2. The number of nitrogens with zero attached hydrogens (tertiary/aromatic N) is 2. The van der Waals surface area contributed by atoms with Gasteiger partial charge < -0.3 is 24.4 Å². The van der Waals surface area contributed by atoms with E-state index in [4.69, 9.17) is 14.2 Å². The lowest BCUT2D eigenvalue weighted by molar-refractivity contribution is 0.0983. The average Bonchev–Trinajstić information content (AvgIpc) is 2.87. The van der Waals surface area contributed by atoms with Gasteiger partial charge in [0.25, 0.3) is 11.8 Å². The first-order valence-corrected chi connectivity index (χ1v) is 10.5. The Bertz CT molecular complexity index is 1150. The van der Waals surface area contributed by atoms with Crippen molar-refractivity contribution in [2.75, 3.05) is 38.1 Å². The SMILES string of the molecule is COc1cc(C(=O)Nc2ccc3c(c2)N(C(=O)c2cccnc2)CCC3)cc(OC)c1OC. The van der Waals surface area contributed by atoms with E-state index in [1.165, 1.54) is 21.3 Å². The second-order valence-corrected chi connectivity index (χ2v) is 7.51. The fourth-order valence-electron chi connectivity index (χ4n) is 3.92. The standard InChI is InChI=1S/C25H25N3O5/c1-31-21-12-18(13-22(32-2)23(21)33-3)24(29)27-19-9-8-16-7-5-11-28(20(16)14-19)25(30)17-6-4-10-26-15-17/h4,6,8-10,12-15H,5,7,11H2,1-3H3,(H,27,29).